The molecule has 0 aliphatic carbocycles. The maximum Gasteiger partial charge on any atom is 0.257 e. The van der Waals surface area contributed by atoms with E-state index < -0.39 is 0 Å². The minimum atomic E-state index is -0.357. The molecule has 3 N–H and O–H groups in total. The lowest BCUT2D eigenvalue weighted by molar-refractivity contribution is 0.0960. The van der Waals surface area contributed by atoms with Gasteiger partial charge in [0.05, 0.1) is 17.2 Å². The van der Waals surface area contributed by atoms with Crippen molar-refractivity contribution in [2.24, 2.45) is 5.10 Å². The molecule has 1 amide bonds. The van der Waals surface area contributed by atoms with Gasteiger partial charge in [0.15, 0.2) is 5.65 Å². The molecule has 28 heavy (non-hydrogen) atoms. The van der Waals surface area contributed by atoms with Gasteiger partial charge in [-0.3, -0.25) is 9.78 Å². The number of hydrogen-bond acceptors (Lipinski definition) is 6. The van der Waals surface area contributed by atoms with Gasteiger partial charge in [-0.05, 0) is 29.8 Å². The number of amides is 1. The monoisotopic (exact) mass is 371 g/mol. The predicted molar refractivity (Wildman–Crippen MR) is 109 cm³/mol. The van der Waals surface area contributed by atoms with Crippen molar-refractivity contribution in [2.45, 2.75) is 0 Å². The molecule has 0 aliphatic rings. The van der Waals surface area contributed by atoms with Crippen molar-refractivity contribution in [1.82, 2.24) is 24.9 Å². The molecule has 0 atom stereocenters. The average Bonchev–Trinajstić information content (AvgIpc) is 3.00. The van der Waals surface area contributed by atoms with Crippen LogP contribution in [0.3, 0.4) is 0 Å². The summed E-state index contributed by atoms with van der Waals surface area (Å²) in [4.78, 5) is 25.9. The van der Waals surface area contributed by atoms with Crippen LogP contribution < -0.4 is 11.1 Å². The fourth-order valence-electron chi connectivity index (χ4n) is 2.82. The zero-order valence-electron chi connectivity index (χ0n) is 14.9. The van der Waals surface area contributed by atoms with E-state index in [1.54, 1.807) is 24.7 Å². The zero-order valence-corrected chi connectivity index (χ0v) is 14.9. The molecule has 0 bridgehead atoms. The molecule has 0 unspecified atom stereocenters. The lowest BCUT2D eigenvalue weighted by atomic mass is 10.2. The van der Waals surface area contributed by atoms with Gasteiger partial charge >= 0.3 is 0 Å². The molecule has 3 heterocycles. The van der Waals surface area contributed by atoms with Gasteiger partial charge in [0.2, 0.25) is 0 Å². The Morgan fingerprint density at radius 3 is 2.61 bits per heavy atom. The maximum atomic E-state index is 12.7. The number of para-hydroxylation sites is 2. The van der Waals surface area contributed by atoms with E-state index in [9.17, 15) is 4.79 Å². The number of carbonyl (C=O) groups is 1. The Morgan fingerprint density at radius 2 is 1.89 bits per heavy atom. The van der Waals surface area contributed by atoms with Crippen molar-refractivity contribution in [2.75, 3.05) is 12.3 Å². The number of carbonyl (C=O) groups excluding carboxylic acids is 1. The topological polar surface area (TPSA) is 111 Å². The van der Waals surface area contributed by atoms with Crippen LogP contribution in [0.15, 0.2) is 66.5 Å². The number of aromatic nitrogens is 4. The molecule has 3 aromatic heterocycles. The Balaban J connectivity index is 1.93. The lowest BCUT2D eigenvalue weighted by Gasteiger charge is -2.02. The molecule has 0 radical (unpaired) electrons. The van der Waals surface area contributed by atoms with E-state index in [4.69, 9.17) is 5.73 Å². The normalized spacial score (nSPS) is 11.3. The van der Waals surface area contributed by atoms with Crippen LogP contribution in [0.25, 0.3) is 22.2 Å². The molecule has 8 heteroatoms. The quantitative estimate of drug-likeness (QED) is 0.413. The third-order valence-corrected chi connectivity index (χ3v) is 4.14. The highest BCUT2D eigenvalue weighted by Crippen LogP contribution is 2.27. The van der Waals surface area contributed by atoms with Crippen molar-refractivity contribution < 1.29 is 4.79 Å². The predicted octanol–water partition coefficient (Wildman–Crippen LogP) is 2.36. The second-order valence-corrected chi connectivity index (χ2v) is 5.98. The van der Waals surface area contributed by atoms with Crippen LogP contribution in [0, 0.1) is 0 Å². The standard InChI is InChI=1S/C20H17N7O/c1-2-9-23-20(28)16-17-19(26-15-6-4-3-5-14(15)25-17)27(18(16)21)24-12-13-7-10-22-11-8-13/h2-8,10-12H,1,9,21H2,(H,23,28)/b24-12-. The maximum absolute atomic E-state index is 12.7. The van der Waals surface area contributed by atoms with Gasteiger partial charge in [0, 0.05) is 18.9 Å². The molecule has 138 valence electrons. The molecule has 0 spiro atoms. The van der Waals surface area contributed by atoms with E-state index in [1.807, 2.05) is 36.4 Å². The third-order valence-electron chi connectivity index (χ3n) is 4.14. The number of benzene rings is 1. The van der Waals surface area contributed by atoms with Crippen LogP contribution in [0.2, 0.25) is 0 Å². The molecule has 0 saturated carbocycles. The number of rotatable bonds is 5. The van der Waals surface area contributed by atoms with E-state index in [-0.39, 0.29) is 17.3 Å². The van der Waals surface area contributed by atoms with Gasteiger partial charge in [-0.15, -0.1) is 6.58 Å². The summed E-state index contributed by atoms with van der Waals surface area (Å²) in [6, 6.07) is 11.0. The number of anilines is 1. The summed E-state index contributed by atoms with van der Waals surface area (Å²) in [7, 11) is 0. The van der Waals surface area contributed by atoms with Gasteiger partial charge in [0.25, 0.3) is 5.91 Å². The second kappa shape index (κ2) is 7.28. The number of nitrogens with one attached hydrogen (secondary N) is 1. The van der Waals surface area contributed by atoms with Gasteiger partial charge in [-0.1, -0.05) is 18.2 Å². The minimum Gasteiger partial charge on any atom is -0.383 e. The Morgan fingerprint density at radius 1 is 1.18 bits per heavy atom. The Kier molecular flexibility index (Phi) is 4.51. The van der Waals surface area contributed by atoms with Crippen LogP contribution in [0.4, 0.5) is 5.82 Å². The molecule has 1 aromatic carbocycles. The van der Waals surface area contributed by atoms with Crippen molar-refractivity contribution in [3.63, 3.8) is 0 Å². The third kappa shape index (κ3) is 3.07. The first kappa shape index (κ1) is 17.3. The van der Waals surface area contributed by atoms with Crippen molar-refractivity contribution in [3.8, 4) is 0 Å². The molecule has 8 nitrogen and oxygen atoms in total. The zero-order chi connectivity index (χ0) is 19.5. The molecule has 4 aromatic rings. The highest BCUT2D eigenvalue weighted by atomic mass is 16.1. The number of nitrogen functional groups attached to an aromatic ring is 1. The van der Waals surface area contributed by atoms with E-state index in [0.29, 0.717) is 28.7 Å². The molecular formula is C20H17N7O. The van der Waals surface area contributed by atoms with E-state index in [2.05, 4.69) is 31.9 Å². The van der Waals surface area contributed by atoms with Gasteiger partial charge in [-0.2, -0.15) is 9.78 Å². The van der Waals surface area contributed by atoms with Crippen molar-refractivity contribution in [1.29, 1.82) is 0 Å². The highest BCUT2D eigenvalue weighted by Gasteiger charge is 2.23. The number of nitrogens with zero attached hydrogens (tertiary/aromatic N) is 5. The second-order valence-electron chi connectivity index (χ2n) is 5.98. The molecule has 0 saturated heterocycles. The Hall–Kier alpha value is -4.07. The van der Waals surface area contributed by atoms with Crippen LogP contribution >= 0.6 is 0 Å². The van der Waals surface area contributed by atoms with Crippen molar-refractivity contribution in [3.05, 3.63) is 72.6 Å². The Labute approximate surface area is 160 Å². The summed E-state index contributed by atoms with van der Waals surface area (Å²) in [5.74, 6) is -0.193. The lowest BCUT2D eigenvalue weighted by Crippen LogP contribution is -2.24. The number of nitrogens with two attached hydrogens (primary N) is 1. The number of fused-ring (bicyclic) bond motifs is 2. The van der Waals surface area contributed by atoms with Crippen LogP contribution in [0.1, 0.15) is 15.9 Å². The summed E-state index contributed by atoms with van der Waals surface area (Å²) in [5, 5.41) is 7.17. The van der Waals surface area contributed by atoms with Crippen LogP contribution in [-0.4, -0.2) is 38.3 Å². The highest BCUT2D eigenvalue weighted by molar-refractivity contribution is 6.10. The molecular weight excluding hydrogens is 354 g/mol. The van der Waals surface area contributed by atoms with E-state index >= 15 is 0 Å². The largest absolute Gasteiger partial charge is 0.383 e. The average molecular weight is 371 g/mol. The fourth-order valence-corrected chi connectivity index (χ4v) is 2.82. The first-order valence-corrected chi connectivity index (χ1v) is 8.59. The van der Waals surface area contributed by atoms with E-state index in [0.717, 1.165) is 5.56 Å². The first-order chi connectivity index (χ1) is 13.7. The summed E-state index contributed by atoms with van der Waals surface area (Å²) < 4.78 is 1.43. The SMILES string of the molecule is C=CCNC(=O)c1c(N)n(/N=C\c2ccncc2)c2nc3ccccc3nc12. The minimum absolute atomic E-state index is 0.164. The number of hydrogen-bond donors (Lipinski definition) is 2. The smallest absolute Gasteiger partial charge is 0.257 e. The van der Waals surface area contributed by atoms with Gasteiger partial charge < -0.3 is 11.1 Å². The summed E-state index contributed by atoms with van der Waals surface area (Å²) >= 11 is 0. The molecule has 0 fully saturated rings. The molecule has 0 aliphatic heterocycles. The number of pyridine rings is 1. The Bertz CT molecular complexity index is 1210. The van der Waals surface area contributed by atoms with Gasteiger partial charge in [0.1, 0.15) is 16.9 Å². The molecule has 4 rings (SSSR count). The fraction of sp³-hybridized carbons (Fsp3) is 0.0500. The summed E-state index contributed by atoms with van der Waals surface area (Å²) in [6.45, 7) is 3.92. The van der Waals surface area contributed by atoms with Gasteiger partial charge in [-0.25, -0.2) is 9.97 Å². The van der Waals surface area contributed by atoms with E-state index in [1.165, 1.54) is 4.68 Å². The van der Waals surface area contributed by atoms with Crippen molar-refractivity contribution >= 4 is 40.1 Å². The van der Waals surface area contributed by atoms with Crippen LogP contribution in [0.5, 0.6) is 0 Å². The first-order valence-electron chi connectivity index (χ1n) is 8.59. The summed E-state index contributed by atoms with van der Waals surface area (Å²) in [6.07, 6.45) is 6.55. The summed E-state index contributed by atoms with van der Waals surface area (Å²) in [5.41, 5.74) is 9.52. The van der Waals surface area contributed by atoms with Crippen LogP contribution in [-0.2, 0) is 0 Å².